The summed E-state index contributed by atoms with van der Waals surface area (Å²) in [4.78, 5) is 28.2. The molecule has 0 saturated heterocycles. The highest BCUT2D eigenvalue weighted by atomic mass is 32.2. The lowest BCUT2D eigenvalue weighted by molar-refractivity contribution is -0.136. The molecule has 0 atom stereocenters. The van der Waals surface area contributed by atoms with E-state index in [-0.39, 0.29) is 18.5 Å². The molecule has 1 aliphatic carbocycles. The maximum Gasteiger partial charge on any atom is 0.322 e. The topological polar surface area (TPSA) is 69.6 Å². The molecule has 2 aromatic rings. The molecule has 6 heteroatoms. The average Bonchev–Trinajstić information content (AvgIpc) is 2.83. The summed E-state index contributed by atoms with van der Waals surface area (Å²) >= 11 is 1.62. The van der Waals surface area contributed by atoms with Gasteiger partial charge < -0.3 is 10.4 Å². The van der Waals surface area contributed by atoms with Gasteiger partial charge >= 0.3 is 12.0 Å². The predicted molar refractivity (Wildman–Crippen MR) is 140 cm³/mol. The normalized spacial score (nSPS) is 14.0. The second kappa shape index (κ2) is 14.1. The Labute approximate surface area is 208 Å². The molecule has 0 bridgehead atoms. The van der Waals surface area contributed by atoms with Crippen molar-refractivity contribution >= 4 is 29.4 Å². The van der Waals surface area contributed by atoms with Crippen molar-refractivity contribution in [2.24, 2.45) is 0 Å². The molecule has 0 spiro atoms. The minimum Gasteiger partial charge on any atom is -0.481 e. The number of unbranched alkanes of at least 4 members (excludes halogenated alkanes) is 4. The van der Waals surface area contributed by atoms with Crippen LogP contribution in [0, 0.1) is 0 Å². The monoisotopic (exact) mass is 482 g/mol. The van der Waals surface area contributed by atoms with Crippen molar-refractivity contribution in [3.63, 3.8) is 0 Å². The van der Waals surface area contributed by atoms with Gasteiger partial charge in [0, 0.05) is 28.1 Å². The third kappa shape index (κ3) is 8.71. The minimum absolute atomic E-state index is 0.0163. The number of anilines is 1. The smallest absolute Gasteiger partial charge is 0.322 e. The van der Waals surface area contributed by atoms with E-state index in [4.69, 9.17) is 5.11 Å². The van der Waals surface area contributed by atoms with Crippen LogP contribution in [0.3, 0.4) is 0 Å². The van der Waals surface area contributed by atoms with Crippen LogP contribution in [0.4, 0.5) is 10.5 Å². The number of carbonyl (C=O) groups excluding carboxylic acids is 1. The van der Waals surface area contributed by atoms with E-state index >= 15 is 0 Å². The summed E-state index contributed by atoms with van der Waals surface area (Å²) in [5, 5.41) is 12.3. The molecule has 34 heavy (non-hydrogen) atoms. The summed E-state index contributed by atoms with van der Waals surface area (Å²) in [6.07, 6.45) is 11.6. The standard InChI is InChI=1S/C28H38N2O3S/c1-2-3-4-5-9-19-30(28(33)29-23-11-7-6-8-12-23)24-13-10-14-26(21-24)34-25-17-15-22(16-18-25)20-27(31)32/h10,13-18,21,23H,2-9,11-12,19-20H2,1H3,(H,29,33)(H,31,32). The number of urea groups is 1. The fourth-order valence-corrected chi connectivity index (χ4v) is 5.29. The summed E-state index contributed by atoms with van der Waals surface area (Å²) in [6.45, 7) is 2.94. The van der Waals surface area contributed by atoms with E-state index in [9.17, 15) is 9.59 Å². The van der Waals surface area contributed by atoms with Gasteiger partial charge in [-0.3, -0.25) is 9.69 Å². The van der Waals surface area contributed by atoms with Crippen LogP contribution in [0.15, 0.2) is 58.3 Å². The number of hydrogen-bond donors (Lipinski definition) is 2. The number of nitrogens with zero attached hydrogens (tertiary/aromatic N) is 1. The Morgan fingerprint density at radius 3 is 2.41 bits per heavy atom. The molecule has 0 aromatic heterocycles. The molecule has 2 amide bonds. The average molecular weight is 483 g/mol. The van der Waals surface area contributed by atoms with Crippen molar-refractivity contribution in [1.82, 2.24) is 5.32 Å². The van der Waals surface area contributed by atoms with Crippen molar-refractivity contribution in [3.8, 4) is 0 Å². The molecule has 2 N–H and O–H groups in total. The Hall–Kier alpha value is -2.47. The number of nitrogens with one attached hydrogen (secondary N) is 1. The van der Waals surface area contributed by atoms with Crippen LogP contribution in [-0.2, 0) is 11.2 Å². The molecular formula is C28H38N2O3S. The highest BCUT2D eigenvalue weighted by molar-refractivity contribution is 7.99. The highest BCUT2D eigenvalue weighted by Gasteiger charge is 2.21. The zero-order chi connectivity index (χ0) is 24.2. The van der Waals surface area contributed by atoms with Gasteiger partial charge in [0.1, 0.15) is 0 Å². The van der Waals surface area contributed by atoms with E-state index in [0.717, 1.165) is 53.3 Å². The second-order valence-corrected chi connectivity index (χ2v) is 10.3. The SMILES string of the molecule is CCCCCCCN(C(=O)NC1CCCCC1)c1cccc(Sc2ccc(CC(=O)O)cc2)c1. The van der Waals surface area contributed by atoms with Crippen molar-refractivity contribution in [2.45, 2.75) is 93.4 Å². The number of rotatable bonds is 12. The van der Waals surface area contributed by atoms with E-state index in [1.165, 1.54) is 38.5 Å². The molecule has 0 aliphatic heterocycles. The molecule has 0 unspecified atom stereocenters. The zero-order valence-corrected chi connectivity index (χ0v) is 21.1. The van der Waals surface area contributed by atoms with Gasteiger partial charge in [0.25, 0.3) is 0 Å². The Kier molecular flexibility index (Phi) is 10.8. The summed E-state index contributed by atoms with van der Waals surface area (Å²) in [5.41, 5.74) is 1.72. The number of carboxylic acid groups (broad SMARTS) is 1. The number of aliphatic carboxylic acids is 1. The van der Waals surface area contributed by atoms with Gasteiger partial charge in [-0.15, -0.1) is 0 Å². The van der Waals surface area contributed by atoms with Crippen LogP contribution >= 0.6 is 11.8 Å². The Morgan fingerprint density at radius 2 is 1.71 bits per heavy atom. The first-order valence-electron chi connectivity index (χ1n) is 12.7. The first-order chi connectivity index (χ1) is 16.5. The fraction of sp³-hybridized carbons (Fsp3) is 0.500. The number of carboxylic acids is 1. The Morgan fingerprint density at radius 1 is 0.971 bits per heavy atom. The number of benzene rings is 2. The molecule has 1 aliphatic rings. The largest absolute Gasteiger partial charge is 0.481 e. The summed E-state index contributed by atoms with van der Waals surface area (Å²) in [6, 6.07) is 16.1. The van der Waals surface area contributed by atoms with Gasteiger partial charge in [-0.25, -0.2) is 4.79 Å². The first kappa shape index (κ1) is 26.1. The molecule has 0 radical (unpaired) electrons. The summed E-state index contributed by atoms with van der Waals surface area (Å²) in [7, 11) is 0. The van der Waals surface area contributed by atoms with E-state index in [2.05, 4.69) is 24.4 Å². The molecule has 0 heterocycles. The molecular weight excluding hydrogens is 444 g/mol. The third-order valence-corrected chi connectivity index (χ3v) is 7.30. The second-order valence-electron chi connectivity index (χ2n) is 9.16. The zero-order valence-electron chi connectivity index (χ0n) is 20.3. The summed E-state index contributed by atoms with van der Waals surface area (Å²) in [5.74, 6) is -0.825. The van der Waals surface area contributed by atoms with Gasteiger partial charge in [-0.05, 0) is 55.2 Å². The van der Waals surface area contributed by atoms with Crippen LogP contribution in [0.25, 0.3) is 0 Å². The molecule has 2 aromatic carbocycles. The number of amides is 2. The molecule has 184 valence electrons. The summed E-state index contributed by atoms with van der Waals surface area (Å²) < 4.78 is 0. The highest BCUT2D eigenvalue weighted by Crippen LogP contribution is 2.31. The van der Waals surface area contributed by atoms with Gasteiger partial charge in [-0.2, -0.15) is 0 Å². The van der Waals surface area contributed by atoms with Crippen LogP contribution in [0.1, 0.15) is 76.7 Å². The van der Waals surface area contributed by atoms with Crippen LogP contribution in [0.2, 0.25) is 0 Å². The van der Waals surface area contributed by atoms with E-state index in [0.29, 0.717) is 0 Å². The predicted octanol–water partition coefficient (Wildman–Crippen LogP) is 7.28. The molecule has 5 nitrogen and oxygen atoms in total. The fourth-order valence-electron chi connectivity index (χ4n) is 4.42. The lowest BCUT2D eigenvalue weighted by atomic mass is 9.96. The van der Waals surface area contributed by atoms with Crippen LogP contribution in [-0.4, -0.2) is 29.7 Å². The van der Waals surface area contributed by atoms with Crippen molar-refractivity contribution in [1.29, 1.82) is 0 Å². The van der Waals surface area contributed by atoms with Crippen molar-refractivity contribution < 1.29 is 14.7 Å². The van der Waals surface area contributed by atoms with Gasteiger partial charge in [0.2, 0.25) is 0 Å². The third-order valence-electron chi connectivity index (χ3n) is 6.31. The quantitative estimate of drug-likeness (QED) is 0.312. The minimum atomic E-state index is -0.825. The number of carbonyl (C=O) groups is 2. The molecule has 1 fully saturated rings. The molecule has 1 saturated carbocycles. The van der Waals surface area contributed by atoms with Gasteiger partial charge in [-0.1, -0.05) is 81.8 Å². The van der Waals surface area contributed by atoms with E-state index in [1.807, 2.05) is 41.3 Å². The van der Waals surface area contributed by atoms with E-state index in [1.54, 1.807) is 11.8 Å². The van der Waals surface area contributed by atoms with E-state index < -0.39 is 5.97 Å². The lowest BCUT2D eigenvalue weighted by Crippen LogP contribution is -2.46. The van der Waals surface area contributed by atoms with Crippen molar-refractivity contribution in [3.05, 3.63) is 54.1 Å². The maximum atomic E-state index is 13.3. The lowest BCUT2D eigenvalue weighted by Gasteiger charge is -2.29. The Bertz CT molecular complexity index is 910. The maximum absolute atomic E-state index is 13.3. The van der Waals surface area contributed by atoms with Crippen LogP contribution in [0.5, 0.6) is 0 Å². The Balaban J connectivity index is 1.69. The van der Waals surface area contributed by atoms with Crippen molar-refractivity contribution in [2.75, 3.05) is 11.4 Å². The van der Waals surface area contributed by atoms with Gasteiger partial charge in [0.05, 0.1) is 6.42 Å². The molecule has 3 rings (SSSR count). The number of hydrogen-bond acceptors (Lipinski definition) is 3. The first-order valence-corrected chi connectivity index (χ1v) is 13.5. The van der Waals surface area contributed by atoms with Crippen LogP contribution < -0.4 is 10.2 Å². The van der Waals surface area contributed by atoms with Gasteiger partial charge in [0.15, 0.2) is 0 Å².